The Kier molecular flexibility index (Phi) is 4.77. The number of nitrogens with one attached hydrogen (secondary N) is 1. The number of hydrogen-bond acceptors (Lipinski definition) is 4. The van der Waals surface area contributed by atoms with E-state index in [0.717, 1.165) is 29.1 Å². The van der Waals surface area contributed by atoms with E-state index in [0.29, 0.717) is 17.9 Å². The second kappa shape index (κ2) is 7.38. The first-order valence-corrected chi connectivity index (χ1v) is 9.33. The summed E-state index contributed by atoms with van der Waals surface area (Å²) in [7, 11) is 3.22. The van der Waals surface area contributed by atoms with Gasteiger partial charge in [-0.3, -0.25) is 4.79 Å². The van der Waals surface area contributed by atoms with E-state index in [-0.39, 0.29) is 11.8 Å². The average molecular weight is 377 g/mol. The van der Waals surface area contributed by atoms with E-state index < -0.39 is 0 Å². The van der Waals surface area contributed by atoms with Crippen LogP contribution >= 0.6 is 0 Å². The predicted molar refractivity (Wildman–Crippen MR) is 108 cm³/mol. The van der Waals surface area contributed by atoms with Crippen LogP contribution in [-0.2, 0) is 11.2 Å². The van der Waals surface area contributed by atoms with Gasteiger partial charge in [-0.25, -0.2) is 4.68 Å². The largest absolute Gasteiger partial charge is 0.493 e. The van der Waals surface area contributed by atoms with Crippen molar-refractivity contribution in [2.24, 2.45) is 0 Å². The maximum absolute atomic E-state index is 12.5. The number of anilines is 1. The van der Waals surface area contributed by atoms with Crippen molar-refractivity contribution in [1.82, 2.24) is 9.78 Å². The summed E-state index contributed by atoms with van der Waals surface area (Å²) in [4.78, 5) is 12.5. The summed E-state index contributed by atoms with van der Waals surface area (Å²) < 4.78 is 12.6. The minimum atomic E-state index is -0.0905. The van der Waals surface area contributed by atoms with Crippen LogP contribution in [-0.4, -0.2) is 29.9 Å². The monoisotopic (exact) mass is 377 g/mol. The quantitative estimate of drug-likeness (QED) is 0.732. The molecular weight excluding hydrogens is 354 g/mol. The molecule has 28 heavy (non-hydrogen) atoms. The zero-order valence-corrected chi connectivity index (χ0v) is 16.2. The fraction of sp³-hybridized carbons (Fsp3) is 0.273. The van der Waals surface area contributed by atoms with Crippen molar-refractivity contribution in [3.05, 3.63) is 65.4 Å². The molecule has 0 aliphatic carbocycles. The first-order valence-electron chi connectivity index (χ1n) is 9.33. The molecule has 0 saturated heterocycles. The van der Waals surface area contributed by atoms with Gasteiger partial charge < -0.3 is 14.8 Å². The van der Waals surface area contributed by atoms with Crippen molar-refractivity contribution in [3.8, 4) is 17.2 Å². The predicted octanol–water partition coefficient (Wildman–Crippen LogP) is 3.93. The van der Waals surface area contributed by atoms with Crippen molar-refractivity contribution in [1.29, 1.82) is 0 Å². The summed E-state index contributed by atoms with van der Waals surface area (Å²) in [5.41, 5.74) is 4.17. The molecule has 1 unspecified atom stereocenters. The Bertz CT molecular complexity index is 1010. The Labute approximate surface area is 164 Å². The highest BCUT2D eigenvalue weighted by molar-refractivity contribution is 5.94. The van der Waals surface area contributed by atoms with Crippen molar-refractivity contribution in [2.45, 2.75) is 25.7 Å². The first kappa shape index (κ1) is 18.1. The van der Waals surface area contributed by atoms with Gasteiger partial charge in [-0.1, -0.05) is 25.1 Å². The molecule has 1 N–H and O–H groups in total. The van der Waals surface area contributed by atoms with E-state index in [1.54, 1.807) is 18.9 Å². The van der Waals surface area contributed by atoms with E-state index >= 15 is 0 Å². The molecule has 1 amide bonds. The lowest BCUT2D eigenvalue weighted by Gasteiger charge is -2.24. The molecule has 3 aromatic rings. The van der Waals surface area contributed by atoms with Crippen molar-refractivity contribution in [2.75, 3.05) is 19.5 Å². The fourth-order valence-corrected chi connectivity index (χ4v) is 3.66. The van der Waals surface area contributed by atoms with E-state index in [9.17, 15) is 4.79 Å². The van der Waals surface area contributed by atoms with Gasteiger partial charge in [0.15, 0.2) is 11.5 Å². The van der Waals surface area contributed by atoms with E-state index in [4.69, 9.17) is 9.47 Å². The molecule has 6 nitrogen and oxygen atoms in total. The highest BCUT2D eigenvalue weighted by atomic mass is 16.5. The number of carbonyl (C=O) groups excluding carboxylic acids is 1. The van der Waals surface area contributed by atoms with E-state index in [1.807, 2.05) is 36.5 Å². The van der Waals surface area contributed by atoms with E-state index in [2.05, 4.69) is 29.5 Å². The van der Waals surface area contributed by atoms with Gasteiger partial charge in [0.05, 0.1) is 26.1 Å². The highest BCUT2D eigenvalue weighted by Gasteiger charge is 2.31. The Morgan fingerprint density at radius 1 is 1.11 bits per heavy atom. The van der Waals surface area contributed by atoms with Crippen LogP contribution in [0, 0.1) is 0 Å². The molecule has 6 heteroatoms. The number of carbonyl (C=O) groups is 1. The second-order valence-corrected chi connectivity index (χ2v) is 6.80. The molecule has 0 spiro atoms. The number of aryl methyl sites for hydroxylation is 1. The van der Waals surface area contributed by atoms with Crippen molar-refractivity contribution >= 4 is 11.7 Å². The summed E-state index contributed by atoms with van der Waals surface area (Å²) >= 11 is 0. The molecule has 0 fully saturated rings. The molecule has 1 aromatic heterocycles. The van der Waals surface area contributed by atoms with Gasteiger partial charge in [-0.2, -0.15) is 5.10 Å². The van der Waals surface area contributed by atoms with Gasteiger partial charge in [0, 0.05) is 17.9 Å². The third kappa shape index (κ3) is 3.11. The topological polar surface area (TPSA) is 65.4 Å². The van der Waals surface area contributed by atoms with Gasteiger partial charge in [0.2, 0.25) is 5.91 Å². The van der Waals surface area contributed by atoms with Crippen LogP contribution in [0.15, 0.2) is 48.7 Å². The standard InChI is InChI=1S/C22H23N3O3/c1-4-14-5-8-16(9-6-14)25-22-18(13-23-25)17(12-21(26)24-22)15-7-10-19(27-2)20(11-15)28-3/h5-11,13,17H,4,12H2,1-3H3,(H,24,26). The lowest BCUT2D eigenvalue weighted by molar-refractivity contribution is -0.116. The number of hydrogen-bond donors (Lipinski definition) is 1. The van der Waals surface area contributed by atoms with Gasteiger partial charge in [-0.05, 0) is 41.8 Å². The van der Waals surface area contributed by atoms with Crippen LogP contribution in [0.25, 0.3) is 5.69 Å². The second-order valence-electron chi connectivity index (χ2n) is 6.80. The number of aromatic nitrogens is 2. The molecule has 0 bridgehead atoms. The van der Waals surface area contributed by atoms with Crippen LogP contribution < -0.4 is 14.8 Å². The minimum absolute atomic E-state index is 0.0285. The van der Waals surface area contributed by atoms with Gasteiger partial charge >= 0.3 is 0 Å². The number of fused-ring (bicyclic) bond motifs is 1. The Morgan fingerprint density at radius 2 is 1.86 bits per heavy atom. The zero-order valence-electron chi connectivity index (χ0n) is 16.2. The third-order valence-corrected chi connectivity index (χ3v) is 5.22. The van der Waals surface area contributed by atoms with Crippen molar-refractivity contribution < 1.29 is 14.3 Å². The normalized spacial score (nSPS) is 15.7. The maximum Gasteiger partial charge on any atom is 0.226 e. The van der Waals surface area contributed by atoms with Crippen molar-refractivity contribution in [3.63, 3.8) is 0 Å². The van der Waals surface area contributed by atoms with Crippen LogP contribution in [0.5, 0.6) is 11.5 Å². The number of methoxy groups -OCH3 is 2. The smallest absolute Gasteiger partial charge is 0.226 e. The SMILES string of the molecule is CCc1ccc(-n2ncc3c2NC(=O)CC3c2ccc(OC)c(OC)c2)cc1. The number of benzene rings is 2. The highest BCUT2D eigenvalue weighted by Crippen LogP contribution is 2.40. The summed E-state index contributed by atoms with van der Waals surface area (Å²) in [6.07, 6.45) is 3.18. The molecule has 1 aliphatic heterocycles. The Hall–Kier alpha value is -3.28. The first-order chi connectivity index (χ1) is 13.6. The lowest BCUT2D eigenvalue weighted by Crippen LogP contribution is -2.24. The van der Waals surface area contributed by atoms with Crippen LogP contribution in [0.1, 0.15) is 36.0 Å². The number of rotatable bonds is 5. The molecule has 4 rings (SSSR count). The average Bonchev–Trinajstić information content (AvgIpc) is 3.16. The van der Waals surface area contributed by atoms with E-state index in [1.165, 1.54) is 5.56 Å². The van der Waals surface area contributed by atoms with Gasteiger partial charge in [-0.15, -0.1) is 0 Å². The molecule has 0 radical (unpaired) electrons. The summed E-state index contributed by atoms with van der Waals surface area (Å²) in [5, 5.41) is 7.55. The fourth-order valence-electron chi connectivity index (χ4n) is 3.66. The molecule has 2 aromatic carbocycles. The molecule has 1 atom stereocenters. The number of nitrogens with zero attached hydrogens (tertiary/aromatic N) is 2. The summed E-state index contributed by atoms with van der Waals surface area (Å²) in [6.45, 7) is 2.12. The van der Waals surface area contributed by atoms with Crippen LogP contribution in [0.4, 0.5) is 5.82 Å². The molecule has 1 aliphatic rings. The minimum Gasteiger partial charge on any atom is -0.493 e. The number of ether oxygens (including phenoxy) is 2. The van der Waals surface area contributed by atoms with Crippen LogP contribution in [0.2, 0.25) is 0 Å². The molecule has 0 saturated carbocycles. The summed E-state index contributed by atoms with van der Waals surface area (Å²) in [6, 6.07) is 14.0. The lowest BCUT2D eigenvalue weighted by atomic mass is 9.87. The Balaban J connectivity index is 1.76. The summed E-state index contributed by atoms with van der Waals surface area (Å²) in [5.74, 6) is 1.92. The molecule has 2 heterocycles. The molecular formula is C22H23N3O3. The van der Waals surface area contributed by atoms with Crippen LogP contribution in [0.3, 0.4) is 0 Å². The van der Waals surface area contributed by atoms with Gasteiger partial charge in [0.25, 0.3) is 0 Å². The maximum atomic E-state index is 12.5. The number of amides is 1. The molecule has 144 valence electrons. The van der Waals surface area contributed by atoms with Gasteiger partial charge in [0.1, 0.15) is 5.82 Å². The third-order valence-electron chi connectivity index (χ3n) is 5.22. The zero-order chi connectivity index (χ0) is 19.7. The Morgan fingerprint density at radius 3 is 2.54 bits per heavy atom.